The molecule has 2 N–H and O–H groups in total. The van der Waals surface area contributed by atoms with Crippen LogP contribution in [0.5, 0.6) is 0 Å². The van der Waals surface area contributed by atoms with Gasteiger partial charge in [-0.2, -0.15) is 0 Å². The lowest BCUT2D eigenvalue weighted by Gasteiger charge is -2.23. The summed E-state index contributed by atoms with van der Waals surface area (Å²) < 4.78 is 32.4. The van der Waals surface area contributed by atoms with Gasteiger partial charge in [0.1, 0.15) is 0 Å². The van der Waals surface area contributed by atoms with Crippen LogP contribution in [0, 0.1) is 0 Å². The van der Waals surface area contributed by atoms with Gasteiger partial charge in [0.05, 0.1) is 23.1 Å². The third kappa shape index (κ3) is 3.33. The van der Waals surface area contributed by atoms with E-state index in [1.165, 1.54) is 12.1 Å². The molecule has 1 aliphatic rings. The lowest BCUT2D eigenvalue weighted by atomic mass is 10.0. The maximum absolute atomic E-state index is 12.2. The number of benzene rings is 1. The van der Waals surface area contributed by atoms with Crippen LogP contribution in [-0.4, -0.2) is 32.3 Å². The van der Waals surface area contributed by atoms with Gasteiger partial charge in [-0.05, 0) is 38.0 Å². The van der Waals surface area contributed by atoms with E-state index < -0.39 is 21.7 Å². The van der Waals surface area contributed by atoms with Crippen LogP contribution < -0.4 is 4.72 Å². The number of nitrogens with one attached hydrogen (secondary N) is 1. The van der Waals surface area contributed by atoms with E-state index in [1.54, 1.807) is 19.1 Å². The van der Waals surface area contributed by atoms with E-state index in [0.717, 1.165) is 0 Å². The molecule has 0 aromatic heterocycles. The molecule has 1 aliphatic heterocycles. The molecule has 2 rings (SSSR count). The van der Waals surface area contributed by atoms with Gasteiger partial charge in [-0.3, -0.25) is 0 Å². The molecule has 1 heterocycles. The molecule has 19 heavy (non-hydrogen) atoms. The summed E-state index contributed by atoms with van der Waals surface area (Å²) in [6.45, 7) is 4.43. The molecule has 1 fully saturated rings. The van der Waals surface area contributed by atoms with Gasteiger partial charge in [-0.25, -0.2) is 13.1 Å². The van der Waals surface area contributed by atoms with E-state index >= 15 is 0 Å². The molecule has 0 radical (unpaired) electrons. The first-order chi connectivity index (χ1) is 8.82. The molecule has 0 aliphatic carbocycles. The van der Waals surface area contributed by atoms with E-state index in [4.69, 9.17) is 4.74 Å². The third-order valence-corrected chi connectivity index (χ3v) is 4.93. The van der Waals surface area contributed by atoms with Crippen molar-refractivity contribution in [3.8, 4) is 0 Å². The molecule has 2 atom stereocenters. The molecule has 106 valence electrons. The molecular formula is C13H19NO4S. The first-order valence-corrected chi connectivity index (χ1v) is 7.70. The van der Waals surface area contributed by atoms with Crippen LogP contribution in [0.2, 0.25) is 0 Å². The van der Waals surface area contributed by atoms with Gasteiger partial charge in [0.25, 0.3) is 0 Å². The fraction of sp³-hybridized carbons (Fsp3) is 0.538. The summed E-state index contributed by atoms with van der Waals surface area (Å²) in [5, 5.41) is 9.41. The van der Waals surface area contributed by atoms with Gasteiger partial charge in [-0.15, -0.1) is 0 Å². The minimum absolute atomic E-state index is 0.199. The van der Waals surface area contributed by atoms with E-state index in [1.807, 2.05) is 6.92 Å². The lowest BCUT2D eigenvalue weighted by molar-refractivity contribution is 0.178. The van der Waals surface area contributed by atoms with Gasteiger partial charge in [-0.1, -0.05) is 12.1 Å². The van der Waals surface area contributed by atoms with Crippen molar-refractivity contribution < 1.29 is 18.3 Å². The number of sulfonamides is 1. The van der Waals surface area contributed by atoms with Crippen LogP contribution in [0.3, 0.4) is 0 Å². The monoisotopic (exact) mass is 285 g/mol. The highest BCUT2D eigenvalue weighted by Crippen LogP contribution is 2.22. The Balaban J connectivity index is 2.19. The third-order valence-electron chi connectivity index (χ3n) is 3.27. The Morgan fingerprint density at radius 1 is 1.37 bits per heavy atom. The van der Waals surface area contributed by atoms with Crippen molar-refractivity contribution in [2.24, 2.45) is 0 Å². The predicted molar refractivity (Wildman–Crippen MR) is 71.2 cm³/mol. The zero-order valence-electron chi connectivity index (χ0n) is 11.1. The molecule has 0 bridgehead atoms. The average molecular weight is 285 g/mol. The van der Waals surface area contributed by atoms with Gasteiger partial charge >= 0.3 is 0 Å². The number of ether oxygens (including phenoxy) is 1. The maximum Gasteiger partial charge on any atom is 0.241 e. The highest BCUT2D eigenvalue weighted by Gasteiger charge is 2.34. The van der Waals surface area contributed by atoms with Crippen molar-refractivity contribution in [2.75, 3.05) is 13.2 Å². The van der Waals surface area contributed by atoms with Crippen LogP contribution >= 0.6 is 0 Å². The predicted octanol–water partition coefficient (Wildman–Crippen LogP) is 1.20. The average Bonchev–Trinajstić information content (AvgIpc) is 2.75. The lowest BCUT2D eigenvalue weighted by Crippen LogP contribution is -2.46. The first kappa shape index (κ1) is 14.5. The second-order valence-electron chi connectivity index (χ2n) is 5.21. The van der Waals surface area contributed by atoms with Crippen LogP contribution in [0.1, 0.15) is 31.9 Å². The summed E-state index contributed by atoms with van der Waals surface area (Å²) in [5.41, 5.74) is 0.149. The van der Waals surface area contributed by atoms with Gasteiger partial charge in [0, 0.05) is 6.61 Å². The molecule has 0 spiro atoms. The minimum atomic E-state index is -3.56. The largest absolute Gasteiger partial charge is 0.389 e. The number of rotatable bonds is 4. The van der Waals surface area contributed by atoms with Crippen LogP contribution in [-0.2, 0) is 14.8 Å². The highest BCUT2D eigenvalue weighted by molar-refractivity contribution is 7.89. The summed E-state index contributed by atoms with van der Waals surface area (Å²) in [6, 6.07) is 6.24. The summed E-state index contributed by atoms with van der Waals surface area (Å²) in [5.74, 6) is 0. The van der Waals surface area contributed by atoms with Crippen LogP contribution in [0.4, 0.5) is 0 Å². The van der Waals surface area contributed by atoms with Crippen LogP contribution in [0.25, 0.3) is 0 Å². The van der Waals surface area contributed by atoms with Crippen molar-refractivity contribution in [3.05, 3.63) is 29.8 Å². The number of hydrogen-bond donors (Lipinski definition) is 2. The molecule has 0 amide bonds. The second-order valence-corrected chi connectivity index (χ2v) is 6.90. The fourth-order valence-electron chi connectivity index (χ4n) is 2.06. The van der Waals surface area contributed by atoms with Crippen LogP contribution in [0.15, 0.2) is 29.2 Å². The number of aliphatic hydroxyl groups is 1. The van der Waals surface area contributed by atoms with Gasteiger partial charge in [0.15, 0.2) is 0 Å². The Morgan fingerprint density at radius 2 is 2.00 bits per heavy atom. The normalized spacial score (nSPS) is 25.4. The van der Waals surface area contributed by atoms with E-state index in [0.29, 0.717) is 25.2 Å². The SMILES string of the molecule is CC(O)c1ccc(S(=O)(=O)NC2(C)CCOC2)cc1. The van der Waals surface area contributed by atoms with Crippen molar-refractivity contribution in [3.63, 3.8) is 0 Å². The molecule has 0 saturated carbocycles. The minimum Gasteiger partial charge on any atom is -0.389 e. The molecule has 1 aromatic carbocycles. The summed E-state index contributed by atoms with van der Waals surface area (Å²) in [4.78, 5) is 0.199. The van der Waals surface area contributed by atoms with E-state index in [2.05, 4.69) is 4.72 Å². The van der Waals surface area contributed by atoms with Crippen molar-refractivity contribution in [2.45, 2.75) is 36.8 Å². The first-order valence-electron chi connectivity index (χ1n) is 6.22. The molecule has 1 aromatic rings. The molecule has 1 saturated heterocycles. The van der Waals surface area contributed by atoms with E-state index in [-0.39, 0.29) is 4.90 Å². The smallest absolute Gasteiger partial charge is 0.241 e. The number of hydrogen-bond acceptors (Lipinski definition) is 4. The Morgan fingerprint density at radius 3 is 2.47 bits per heavy atom. The number of aliphatic hydroxyl groups excluding tert-OH is 1. The van der Waals surface area contributed by atoms with Crippen molar-refractivity contribution in [1.29, 1.82) is 0 Å². The standard InChI is InChI=1S/C13H19NO4S/c1-10(15)11-3-5-12(6-4-11)19(16,17)14-13(2)7-8-18-9-13/h3-6,10,14-15H,7-9H2,1-2H3. The van der Waals surface area contributed by atoms with E-state index in [9.17, 15) is 13.5 Å². The summed E-state index contributed by atoms with van der Waals surface area (Å²) >= 11 is 0. The summed E-state index contributed by atoms with van der Waals surface area (Å²) in [6.07, 6.45) is 0.0586. The highest BCUT2D eigenvalue weighted by atomic mass is 32.2. The van der Waals surface area contributed by atoms with Gasteiger partial charge < -0.3 is 9.84 Å². The zero-order valence-corrected chi connectivity index (χ0v) is 11.9. The molecule has 6 heteroatoms. The quantitative estimate of drug-likeness (QED) is 0.871. The Hall–Kier alpha value is -0.950. The molecule has 5 nitrogen and oxygen atoms in total. The van der Waals surface area contributed by atoms with Crippen molar-refractivity contribution in [1.82, 2.24) is 4.72 Å². The Kier molecular flexibility index (Phi) is 3.96. The second kappa shape index (κ2) is 5.20. The Bertz CT molecular complexity index is 530. The zero-order chi connectivity index (χ0) is 14.1. The molecule has 2 unspecified atom stereocenters. The maximum atomic E-state index is 12.2. The fourth-order valence-corrected chi connectivity index (χ4v) is 3.48. The molecular weight excluding hydrogens is 266 g/mol. The Labute approximate surface area is 113 Å². The topological polar surface area (TPSA) is 75.6 Å². The van der Waals surface area contributed by atoms with Gasteiger partial charge in [0.2, 0.25) is 10.0 Å². The van der Waals surface area contributed by atoms with Crippen molar-refractivity contribution >= 4 is 10.0 Å². The summed E-state index contributed by atoms with van der Waals surface area (Å²) in [7, 11) is -3.56.